The van der Waals surface area contributed by atoms with Crippen LogP contribution in [0.15, 0.2) is 24.3 Å². The predicted molar refractivity (Wildman–Crippen MR) is 90.7 cm³/mol. The van der Waals surface area contributed by atoms with Crippen LogP contribution < -0.4 is 11.1 Å². The van der Waals surface area contributed by atoms with Crippen molar-refractivity contribution >= 4 is 28.8 Å². The molecular formula is C17H15N3O5. The summed E-state index contributed by atoms with van der Waals surface area (Å²) >= 11 is 0. The van der Waals surface area contributed by atoms with E-state index < -0.39 is 11.6 Å². The summed E-state index contributed by atoms with van der Waals surface area (Å²) < 4.78 is 4.74. The maximum absolute atomic E-state index is 12.9. The van der Waals surface area contributed by atoms with Crippen molar-refractivity contribution in [2.45, 2.75) is 0 Å². The van der Waals surface area contributed by atoms with Crippen molar-refractivity contribution in [3.8, 4) is 11.5 Å². The Hall–Kier alpha value is -3.55. The zero-order chi connectivity index (χ0) is 18.3. The summed E-state index contributed by atoms with van der Waals surface area (Å²) in [6.07, 6.45) is 0. The monoisotopic (exact) mass is 341 g/mol. The average molecular weight is 341 g/mol. The highest BCUT2D eigenvalue weighted by Crippen LogP contribution is 2.41. The lowest BCUT2D eigenvalue weighted by atomic mass is 9.81. The number of hydrogen-bond donors (Lipinski definition) is 5. The lowest BCUT2D eigenvalue weighted by Crippen LogP contribution is -2.25. The zero-order valence-electron chi connectivity index (χ0n) is 13.2. The molecule has 0 heterocycles. The van der Waals surface area contributed by atoms with Crippen molar-refractivity contribution in [3.05, 3.63) is 46.5 Å². The first-order valence-electron chi connectivity index (χ1n) is 7.28. The molecule has 128 valence electrons. The van der Waals surface area contributed by atoms with E-state index in [0.29, 0.717) is 0 Å². The van der Waals surface area contributed by atoms with Gasteiger partial charge in [0.2, 0.25) is 11.6 Å². The summed E-state index contributed by atoms with van der Waals surface area (Å²) in [4.78, 5) is 25.7. The number of ether oxygens (including phenoxy) is 1. The molecule has 8 heteroatoms. The van der Waals surface area contributed by atoms with Gasteiger partial charge in [-0.2, -0.15) is 0 Å². The number of phenols is 2. The molecule has 0 saturated carbocycles. The lowest BCUT2D eigenvalue weighted by molar-refractivity contribution is 0.0975. The molecule has 0 saturated heterocycles. The molecule has 0 unspecified atom stereocenters. The van der Waals surface area contributed by atoms with E-state index in [4.69, 9.17) is 15.9 Å². The fraction of sp³-hybridized carbons (Fsp3) is 0.118. The van der Waals surface area contributed by atoms with Gasteiger partial charge in [0.1, 0.15) is 11.5 Å². The van der Waals surface area contributed by atoms with Crippen LogP contribution in [0, 0.1) is 5.41 Å². The third-order valence-corrected chi connectivity index (χ3v) is 3.99. The van der Waals surface area contributed by atoms with Gasteiger partial charge in [-0.05, 0) is 24.3 Å². The Kier molecular flexibility index (Phi) is 3.80. The number of hydrogen-bond acceptors (Lipinski definition) is 8. The van der Waals surface area contributed by atoms with Crippen LogP contribution in [-0.4, -0.2) is 41.3 Å². The molecule has 0 fully saturated rings. The summed E-state index contributed by atoms with van der Waals surface area (Å²) in [7, 11) is 1.34. The molecule has 0 aromatic heterocycles. The Balaban J connectivity index is 2.21. The quantitative estimate of drug-likeness (QED) is 0.210. The first-order chi connectivity index (χ1) is 11.9. The molecule has 0 spiro atoms. The highest BCUT2D eigenvalue weighted by Gasteiger charge is 2.37. The Labute approximate surface area is 142 Å². The predicted octanol–water partition coefficient (Wildman–Crippen LogP) is 1.49. The van der Waals surface area contributed by atoms with Crippen molar-refractivity contribution in [1.29, 1.82) is 5.41 Å². The first-order valence-corrected chi connectivity index (χ1v) is 7.28. The highest BCUT2D eigenvalue weighted by molar-refractivity contribution is 6.33. The number of fused-ring (bicyclic) bond motifs is 2. The second-order valence-electron chi connectivity index (χ2n) is 5.45. The van der Waals surface area contributed by atoms with E-state index in [1.54, 1.807) is 0 Å². The number of rotatable bonds is 3. The number of phenolic OH excluding ortho intramolecular Hbond substituents is 2. The standard InChI is InChI=1S/C17H15N3O5/c1-25-11(19)6-20-8-3-5-10(22)15-13(8)17(24)14-9(21)4-2-7(18)12(14)16(15)23/h2-5,19-22H,6,18H2,1H3. The molecule has 0 atom stereocenters. The molecule has 8 nitrogen and oxygen atoms in total. The van der Waals surface area contributed by atoms with Crippen LogP contribution in [0.25, 0.3) is 0 Å². The Morgan fingerprint density at radius 2 is 1.60 bits per heavy atom. The Bertz CT molecular complexity index is 936. The normalized spacial score (nSPS) is 12.4. The topological polar surface area (TPSA) is 146 Å². The summed E-state index contributed by atoms with van der Waals surface area (Å²) in [5.74, 6) is -2.11. The van der Waals surface area contributed by atoms with E-state index in [0.717, 1.165) is 0 Å². The van der Waals surface area contributed by atoms with E-state index in [2.05, 4.69) is 5.32 Å². The number of carbonyl (C=O) groups is 2. The second-order valence-corrected chi connectivity index (χ2v) is 5.45. The third kappa shape index (κ3) is 2.44. The maximum atomic E-state index is 12.9. The van der Waals surface area contributed by atoms with Crippen LogP contribution in [0.5, 0.6) is 11.5 Å². The molecule has 25 heavy (non-hydrogen) atoms. The Morgan fingerprint density at radius 1 is 1.04 bits per heavy atom. The summed E-state index contributed by atoms with van der Waals surface area (Å²) in [5.41, 5.74) is 5.47. The molecule has 6 N–H and O–H groups in total. The number of ketones is 2. The molecule has 0 aliphatic heterocycles. The van der Waals surface area contributed by atoms with Crippen LogP contribution in [0.3, 0.4) is 0 Å². The maximum Gasteiger partial charge on any atom is 0.200 e. The minimum absolute atomic E-state index is 0.0229. The average Bonchev–Trinajstić information content (AvgIpc) is 2.59. The lowest BCUT2D eigenvalue weighted by Gasteiger charge is -2.23. The number of methoxy groups -OCH3 is 1. The molecule has 0 radical (unpaired) electrons. The van der Waals surface area contributed by atoms with Crippen LogP contribution in [0.1, 0.15) is 31.8 Å². The molecule has 2 aromatic rings. The minimum atomic E-state index is -0.652. The van der Waals surface area contributed by atoms with Crippen LogP contribution in [-0.2, 0) is 4.74 Å². The number of nitrogens with one attached hydrogen (secondary N) is 2. The SMILES string of the molecule is COC(=N)CNc1ccc(O)c2c1C(=O)c1c(O)ccc(N)c1C2=O. The van der Waals surface area contributed by atoms with E-state index in [1.165, 1.54) is 31.4 Å². The molecule has 0 amide bonds. The number of carbonyl (C=O) groups excluding carboxylic acids is 2. The number of nitrogen functional groups attached to an aromatic ring is 1. The fourth-order valence-corrected chi connectivity index (χ4v) is 2.78. The van der Waals surface area contributed by atoms with Crippen LogP contribution in [0.4, 0.5) is 11.4 Å². The number of benzene rings is 2. The summed E-state index contributed by atoms with van der Waals surface area (Å²) in [6, 6.07) is 5.24. The van der Waals surface area contributed by atoms with Crippen LogP contribution >= 0.6 is 0 Å². The molecule has 2 aromatic carbocycles. The largest absolute Gasteiger partial charge is 0.507 e. The van der Waals surface area contributed by atoms with Crippen molar-refractivity contribution in [1.82, 2.24) is 0 Å². The second kappa shape index (κ2) is 5.82. The van der Waals surface area contributed by atoms with E-state index >= 15 is 0 Å². The van der Waals surface area contributed by atoms with Crippen LogP contribution in [0.2, 0.25) is 0 Å². The molecular weight excluding hydrogens is 326 g/mol. The zero-order valence-corrected chi connectivity index (χ0v) is 13.2. The van der Waals surface area contributed by atoms with Crippen molar-refractivity contribution in [2.75, 3.05) is 24.7 Å². The van der Waals surface area contributed by atoms with E-state index in [-0.39, 0.29) is 57.6 Å². The van der Waals surface area contributed by atoms with Gasteiger partial charge in [0.15, 0.2) is 5.90 Å². The molecule has 0 bridgehead atoms. The van der Waals surface area contributed by atoms with Gasteiger partial charge in [0.05, 0.1) is 35.9 Å². The molecule has 1 aliphatic carbocycles. The minimum Gasteiger partial charge on any atom is -0.507 e. The van der Waals surface area contributed by atoms with Crippen molar-refractivity contribution in [2.24, 2.45) is 0 Å². The van der Waals surface area contributed by atoms with Gasteiger partial charge < -0.3 is 26.0 Å². The number of aromatic hydroxyl groups is 2. The van der Waals surface area contributed by atoms with Crippen molar-refractivity contribution < 1.29 is 24.5 Å². The smallest absolute Gasteiger partial charge is 0.200 e. The van der Waals surface area contributed by atoms with Gasteiger partial charge in [-0.15, -0.1) is 0 Å². The van der Waals surface area contributed by atoms with E-state index in [9.17, 15) is 19.8 Å². The summed E-state index contributed by atoms with van der Waals surface area (Å²) in [5, 5.41) is 30.5. The van der Waals surface area contributed by atoms with Gasteiger partial charge in [0.25, 0.3) is 0 Å². The fourth-order valence-electron chi connectivity index (χ4n) is 2.78. The molecule has 1 aliphatic rings. The summed E-state index contributed by atoms with van der Waals surface area (Å²) in [6.45, 7) is -0.0229. The first kappa shape index (κ1) is 16.3. The van der Waals surface area contributed by atoms with Gasteiger partial charge in [-0.3, -0.25) is 15.0 Å². The van der Waals surface area contributed by atoms with E-state index in [1.807, 2.05) is 0 Å². The van der Waals surface area contributed by atoms with Gasteiger partial charge in [-0.25, -0.2) is 0 Å². The molecule has 3 rings (SSSR count). The highest BCUT2D eigenvalue weighted by atomic mass is 16.5. The third-order valence-electron chi connectivity index (χ3n) is 3.99. The number of nitrogens with two attached hydrogens (primary N) is 1. The van der Waals surface area contributed by atoms with Gasteiger partial charge in [-0.1, -0.05) is 0 Å². The number of anilines is 2. The van der Waals surface area contributed by atoms with Crippen molar-refractivity contribution in [3.63, 3.8) is 0 Å². The van der Waals surface area contributed by atoms with Gasteiger partial charge in [0, 0.05) is 11.4 Å². The Morgan fingerprint density at radius 3 is 2.24 bits per heavy atom. The van der Waals surface area contributed by atoms with Gasteiger partial charge >= 0.3 is 0 Å².